The zero-order valence-electron chi connectivity index (χ0n) is 11.3. The van der Waals surface area contributed by atoms with Crippen molar-refractivity contribution in [2.45, 2.75) is 11.3 Å². The number of hydrogen-bond acceptors (Lipinski definition) is 2. The van der Waals surface area contributed by atoms with Crippen LogP contribution in [0.25, 0.3) is 0 Å². The molecule has 2 rings (SSSR count). The van der Waals surface area contributed by atoms with Gasteiger partial charge in [0, 0.05) is 27.2 Å². The molecule has 1 N–H and O–H groups in total. The van der Waals surface area contributed by atoms with E-state index >= 15 is 0 Å². The Morgan fingerprint density at radius 3 is 2.33 bits per heavy atom. The van der Waals surface area contributed by atoms with Gasteiger partial charge < -0.3 is 5.32 Å². The van der Waals surface area contributed by atoms with Crippen LogP contribution in [0.4, 0.5) is 0 Å². The molecule has 0 saturated heterocycles. The Labute approximate surface area is 138 Å². The number of carbonyl (C=O) groups is 1. The third-order valence-corrected chi connectivity index (χ3v) is 4.56. The van der Waals surface area contributed by atoms with E-state index in [1.54, 1.807) is 30.0 Å². The van der Waals surface area contributed by atoms with Gasteiger partial charge in [0.2, 0.25) is 5.91 Å². The fourth-order valence-corrected chi connectivity index (χ4v) is 3.12. The highest BCUT2D eigenvalue weighted by atomic mass is 35.5. The van der Waals surface area contributed by atoms with E-state index < -0.39 is 0 Å². The van der Waals surface area contributed by atoms with Gasteiger partial charge in [0.15, 0.2) is 0 Å². The van der Waals surface area contributed by atoms with Gasteiger partial charge in [-0.3, -0.25) is 4.79 Å². The van der Waals surface area contributed by atoms with E-state index in [0.717, 1.165) is 5.75 Å². The number of rotatable bonds is 6. The highest BCUT2D eigenvalue weighted by Crippen LogP contribution is 2.24. The Balaban J connectivity index is 1.75. The quantitative estimate of drug-likeness (QED) is 0.622. The van der Waals surface area contributed by atoms with E-state index in [9.17, 15) is 4.79 Å². The highest BCUT2D eigenvalue weighted by molar-refractivity contribution is 7.99. The van der Waals surface area contributed by atoms with Gasteiger partial charge in [0.25, 0.3) is 0 Å². The van der Waals surface area contributed by atoms with Crippen LogP contribution in [0.15, 0.2) is 53.4 Å². The molecule has 2 aromatic carbocycles. The van der Waals surface area contributed by atoms with E-state index in [0.29, 0.717) is 22.2 Å². The molecule has 2 aromatic rings. The Kier molecular flexibility index (Phi) is 6.43. The van der Waals surface area contributed by atoms with Crippen molar-refractivity contribution in [2.24, 2.45) is 0 Å². The zero-order chi connectivity index (χ0) is 15.1. The normalized spacial score (nSPS) is 10.4. The maximum atomic E-state index is 11.9. The standard InChI is InChI=1S/C16H15Cl2NOS/c17-14-7-4-8-15(18)13(14)11-16(20)19-9-10-21-12-5-2-1-3-6-12/h1-8H,9-11H2,(H,19,20). The van der Waals surface area contributed by atoms with Crippen molar-refractivity contribution in [3.05, 3.63) is 64.1 Å². The van der Waals surface area contributed by atoms with E-state index in [2.05, 4.69) is 17.4 Å². The molecule has 0 radical (unpaired) electrons. The number of amides is 1. The van der Waals surface area contributed by atoms with Crippen LogP contribution in [0.2, 0.25) is 10.0 Å². The zero-order valence-corrected chi connectivity index (χ0v) is 13.6. The molecule has 0 spiro atoms. The first-order valence-corrected chi connectivity index (χ1v) is 8.28. The van der Waals surface area contributed by atoms with Crippen LogP contribution in [0.5, 0.6) is 0 Å². The molecule has 0 saturated carbocycles. The fourth-order valence-electron chi connectivity index (χ4n) is 1.80. The van der Waals surface area contributed by atoms with Crippen LogP contribution in [0, 0.1) is 0 Å². The summed E-state index contributed by atoms with van der Waals surface area (Å²) in [5, 5.41) is 3.93. The van der Waals surface area contributed by atoms with Crippen molar-refractivity contribution >= 4 is 40.9 Å². The van der Waals surface area contributed by atoms with Crippen molar-refractivity contribution in [1.82, 2.24) is 5.32 Å². The topological polar surface area (TPSA) is 29.1 Å². The summed E-state index contributed by atoms with van der Waals surface area (Å²) >= 11 is 13.8. The van der Waals surface area contributed by atoms with E-state index in [4.69, 9.17) is 23.2 Å². The summed E-state index contributed by atoms with van der Waals surface area (Å²) in [5.74, 6) is 0.755. The summed E-state index contributed by atoms with van der Waals surface area (Å²) in [6, 6.07) is 15.3. The third-order valence-electron chi connectivity index (χ3n) is 2.84. The molecule has 0 aliphatic rings. The number of benzene rings is 2. The predicted octanol–water partition coefficient (Wildman–Crippen LogP) is 4.44. The van der Waals surface area contributed by atoms with Gasteiger partial charge in [0.05, 0.1) is 6.42 Å². The van der Waals surface area contributed by atoms with Gasteiger partial charge >= 0.3 is 0 Å². The van der Waals surface area contributed by atoms with Gasteiger partial charge in [-0.25, -0.2) is 0 Å². The third kappa shape index (κ3) is 5.27. The molecule has 0 heterocycles. The predicted molar refractivity (Wildman–Crippen MR) is 90.3 cm³/mol. The Hall–Kier alpha value is -1.16. The fraction of sp³-hybridized carbons (Fsp3) is 0.188. The van der Waals surface area contributed by atoms with Crippen LogP contribution >= 0.6 is 35.0 Å². The summed E-state index contributed by atoms with van der Waals surface area (Å²) < 4.78 is 0. The highest BCUT2D eigenvalue weighted by Gasteiger charge is 2.10. The molecule has 0 atom stereocenters. The van der Waals surface area contributed by atoms with Gasteiger partial charge in [0.1, 0.15) is 0 Å². The lowest BCUT2D eigenvalue weighted by molar-refractivity contribution is -0.120. The molecular formula is C16H15Cl2NOS. The van der Waals surface area contributed by atoms with Crippen molar-refractivity contribution in [3.63, 3.8) is 0 Å². The number of halogens is 2. The van der Waals surface area contributed by atoms with Crippen LogP contribution in [0.3, 0.4) is 0 Å². The summed E-state index contributed by atoms with van der Waals surface area (Å²) in [6.45, 7) is 0.612. The number of hydrogen-bond donors (Lipinski definition) is 1. The van der Waals surface area contributed by atoms with E-state index in [1.807, 2.05) is 18.2 Å². The van der Waals surface area contributed by atoms with Crippen molar-refractivity contribution in [3.8, 4) is 0 Å². The maximum absolute atomic E-state index is 11.9. The molecule has 0 aliphatic carbocycles. The van der Waals surface area contributed by atoms with Crippen LogP contribution in [-0.4, -0.2) is 18.2 Å². The minimum Gasteiger partial charge on any atom is -0.355 e. The maximum Gasteiger partial charge on any atom is 0.224 e. The first kappa shape index (κ1) is 16.2. The van der Waals surface area contributed by atoms with Gasteiger partial charge in [-0.2, -0.15) is 0 Å². The van der Waals surface area contributed by atoms with Gasteiger partial charge in [-0.15, -0.1) is 11.8 Å². The summed E-state index contributed by atoms with van der Waals surface area (Å²) in [6.07, 6.45) is 0.203. The van der Waals surface area contributed by atoms with Crippen molar-refractivity contribution in [2.75, 3.05) is 12.3 Å². The molecular weight excluding hydrogens is 325 g/mol. The van der Waals surface area contributed by atoms with E-state index in [-0.39, 0.29) is 12.3 Å². The van der Waals surface area contributed by atoms with Gasteiger partial charge in [-0.05, 0) is 29.8 Å². The van der Waals surface area contributed by atoms with Crippen molar-refractivity contribution < 1.29 is 4.79 Å². The number of carbonyl (C=O) groups excluding carboxylic acids is 1. The number of nitrogens with one attached hydrogen (secondary N) is 1. The summed E-state index contributed by atoms with van der Waals surface area (Å²) in [5.41, 5.74) is 0.675. The summed E-state index contributed by atoms with van der Waals surface area (Å²) in [4.78, 5) is 13.1. The SMILES string of the molecule is O=C(Cc1c(Cl)cccc1Cl)NCCSc1ccccc1. The Bertz CT molecular complexity index is 584. The van der Waals surface area contributed by atoms with Crippen LogP contribution in [0.1, 0.15) is 5.56 Å². The Morgan fingerprint density at radius 2 is 1.67 bits per heavy atom. The first-order valence-electron chi connectivity index (χ1n) is 6.54. The molecule has 0 aromatic heterocycles. The minimum atomic E-state index is -0.0707. The lowest BCUT2D eigenvalue weighted by atomic mass is 10.1. The lowest BCUT2D eigenvalue weighted by Crippen LogP contribution is -2.27. The monoisotopic (exact) mass is 339 g/mol. The first-order chi connectivity index (χ1) is 10.2. The lowest BCUT2D eigenvalue weighted by Gasteiger charge is -2.08. The average molecular weight is 340 g/mol. The molecule has 0 aliphatic heterocycles. The molecule has 1 amide bonds. The molecule has 0 fully saturated rings. The van der Waals surface area contributed by atoms with Crippen LogP contribution in [-0.2, 0) is 11.2 Å². The van der Waals surface area contributed by atoms with Gasteiger partial charge in [-0.1, -0.05) is 47.5 Å². The molecule has 2 nitrogen and oxygen atoms in total. The summed E-state index contributed by atoms with van der Waals surface area (Å²) in [7, 11) is 0. The molecule has 110 valence electrons. The second-order valence-corrected chi connectivity index (χ2v) is 6.37. The largest absolute Gasteiger partial charge is 0.355 e. The Morgan fingerprint density at radius 1 is 1.00 bits per heavy atom. The molecule has 5 heteroatoms. The molecule has 0 bridgehead atoms. The smallest absolute Gasteiger partial charge is 0.224 e. The molecule has 21 heavy (non-hydrogen) atoms. The van der Waals surface area contributed by atoms with Crippen LogP contribution < -0.4 is 5.32 Å². The minimum absolute atomic E-state index is 0.0707. The average Bonchev–Trinajstić information content (AvgIpc) is 2.49. The second kappa shape index (κ2) is 8.32. The van der Waals surface area contributed by atoms with E-state index in [1.165, 1.54) is 4.90 Å². The van der Waals surface area contributed by atoms with Crippen molar-refractivity contribution in [1.29, 1.82) is 0 Å². The molecule has 0 unspecified atom stereocenters. The second-order valence-electron chi connectivity index (χ2n) is 4.39. The number of thioether (sulfide) groups is 1.